The average Bonchev–Trinajstić information content (AvgIpc) is 2.85. The number of carbonyl (C=O) groups excluding carboxylic acids is 2. The number of hydrogen-bond donors (Lipinski definition) is 1. The summed E-state index contributed by atoms with van der Waals surface area (Å²) in [7, 11) is 3.18. The molecule has 1 atom stereocenters. The van der Waals surface area contributed by atoms with Crippen molar-refractivity contribution >= 4 is 11.8 Å². The number of ether oxygens (including phenoxy) is 2. The molecule has 2 amide bonds. The third-order valence-electron chi connectivity index (χ3n) is 5.45. The van der Waals surface area contributed by atoms with E-state index in [4.69, 9.17) is 9.47 Å². The number of nitrogens with one attached hydrogen (secondary N) is 1. The van der Waals surface area contributed by atoms with Crippen LogP contribution in [0.25, 0.3) is 0 Å². The number of carbonyl (C=O) groups is 2. The van der Waals surface area contributed by atoms with Gasteiger partial charge >= 0.3 is 0 Å². The predicted molar refractivity (Wildman–Crippen MR) is 128 cm³/mol. The van der Waals surface area contributed by atoms with Gasteiger partial charge in [0.2, 0.25) is 5.91 Å². The third-order valence-corrected chi connectivity index (χ3v) is 5.45. The van der Waals surface area contributed by atoms with Crippen molar-refractivity contribution in [1.82, 2.24) is 10.2 Å². The molecular weight excluding hydrogens is 416 g/mol. The molecule has 0 aliphatic carbocycles. The van der Waals surface area contributed by atoms with Crippen molar-refractivity contribution in [2.45, 2.75) is 25.9 Å². The van der Waals surface area contributed by atoms with E-state index < -0.39 is 6.04 Å². The quantitative estimate of drug-likeness (QED) is 0.515. The summed E-state index contributed by atoms with van der Waals surface area (Å²) in [6.45, 7) is 2.01. The molecule has 0 heterocycles. The summed E-state index contributed by atoms with van der Waals surface area (Å²) >= 11 is 0. The molecule has 1 N–H and O–H groups in total. The molecule has 6 heteroatoms. The molecule has 3 rings (SSSR count). The van der Waals surface area contributed by atoms with Crippen LogP contribution in [0.3, 0.4) is 0 Å². The normalized spacial score (nSPS) is 11.4. The number of amides is 2. The first-order valence-corrected chi connectivity index (χ1v) is 10.9. The number of rotatable bonds is 10. The minimum atomic E-state index is -0.698. The first-order valence-electron chi connectivity index (χ1n) is 10.9. The summed E-state index contributed by atoms with van der Waals surface area (Å²) in [5.41, 5.74) is 2.77. The fourth-order valence-corrected chi connectivity index (χ4v) is 3.63. The van der Waals surface area contributed by atoms with Gasteiger partial charge in [0.1, 0.15) is 17.5 Å². The molecule has 3 aromatic rings. The van der Waals surface area contributed by atoms with Gasteiger partial charge < -0.3 is 19.7 Å². The highest BCUT2D eigenvalue weighted by Gasteiger charge is 2.30. The van der Waals surface area contributed by atoms with E-state index in [1.54, 1.807) is 19.1 Å². The Labute approximate surface area is 195 Å². The standard InChI is InChI=1S/C27H30N2O4/c1-20-10-7-8-15-25(20)33-19-26(30)29(18-22-13-9-14-23(16-22)32-3)24(27(31)28-2)17-21-11-5-4-6-12-21/h4-16,24H,17-19H2,1-3H3,(H,28,31)/t24-/m1/s1. The number of hydrogen-bond acceptors (Lipinski definition) is 4. The Hall–Kier alpha value is -3.80. The highest BCUT2D eigenvalue weighted by Crippen LogP contribution is 2.20. The van der Waals surface area contributed by atoms with Crippen molar-refractivity contribution in [2.75, 3.05) is 20.8 Å². The second-order valence-corrected chi connectivity index (χ2v) is 7.75. The monoisotopic (exact) mass is 446 g/mol. The van der Waals surface area contributed by atoms with Crippen molar-refractivity contribution < 1.29 is 19.1 Å². The van der Waals surface area contributed by atoms with Crippen LogP contribution in [-0.4, -0.2) is 43.5 Å². The highest BCUT2D eigenvalue weighted by atomic mass is 16.5. The SMILES string of the molecule is CNC(=O)[C@@H](Cc1ccccc1)N(Cc1cccc(OC)c1)C(=O)COc1ccccc1C. The lowest BCUT2D eigenvalue weighted by atomic mass is 10.0. The maximum atomic E-state index is 13.4. The summed E-state index contributed by atoms with van der Waals surface area (Å²) < 4.78 is 11.2. The number of methoxy groups -OCH3 is 1. The van der Waals surface area contributed by atoms with Crippen LogP contribution in [0.15, 0.2) is 78.9 Å². The summed E-state index contributed by atoms with van der Waals surface area (Å²) in [5, 5.41) is 2.71. The summed E-state index contributed by atoms with van der Waals surface area (Å²) in [5.74, 6) is 0.832. The lowest BCUT2D eigenvalue weighted by molar-refractivity contribution is -0.142. The Kier molecular flexibility index (Phi) is 8.47. The van der Waals surface area contributed by atoms with E-state index in [-0.39, 0.29) is 25.0 Å². The van der Waals surface area contributed by atoms with Crippen molar-refractivity contribution in [3.63, 3.8) is 0 Å². The molecule has 0 fully saturated rings. The van der Waals surface area contributed by atoms with Crippen molar-refractivity contribution in [1.29, 1.82) is 0 Å². The lowest BCUT2D eigenvalue weighted by Crippen LogP contribution is -2.51. The molecule has 0 saturated heterocycles. The summed E-state index contributed by atoms with van der Waals surface area (Å²) in [4.78, 5) is 27.9. The fourth-order valence-electron chi connectivity index (χ4n) is 3.63. The van der Waals surface area contributed by atoms with Crippen molar-refractivity contribution in [3.8, 4) is 11.5 Å². The number of aryl methyl sites for hydroxylation is 1. The predicted octanol–water partition coefficient (Wildman–Crippen LogP) is 3.77. The number of benzene rings is 3. The lowest BCUT2D eigenvalue weighted by Gasteiger charge is -2.31. The minimum absolute atomic E-state index is 0.170. The number of nitrogens with zero attached hydrogens (tertiary/aromatic N) is 1. The van der Waals surface area contributed by atoms with Crippen LogP contribution >= 0.6 is 0 Å². The Morgan fingerprint density at radius 2 is 1.64 bits per heavy atom. The number of likely N-dealkylation sites (N-methyl/N-ethyl adjacent to an activating group) is 1. The van der Waals surface area contributed by atoms with E-state index in [0.29, 0.717) is 17.9 Å². The summed E-state index contributed by atoms with van der Waals surface area (Å²) in [6.07, 6.45) is 0.389. The molecule has 172 valence electrons. The van der Waals surface area contributed by atoms with Crippen LogP contribution in [0.5, 0.6) is 11.5 Å². The largest absolute Gasteiger partial charge is 0.497 e. The molecule has 0 spiro atoms. The zero-order valence-corrected chi connectivity index (χ0v) is 19.3. The van der Waals surface area contributed by atoms with E-state index in [1.165, 1.54) is 0 Å². The van der Waals surface area contributed by atoms with Gasteiger partial charge in [-0.1, -0.05) is 60.7 Å². The number of para-hydroxylation sites is 1. The minimum Gasteiger partial charge on any atom is -0.497 e. The van der Waals surface area contributed by atoms with Crippen LogP contribution in [0.4, 0.5) is 0 Å². The van der Waals surface area contributed by atoms with Gasteiger partial charge in [-0.3, -0.25) is 9.59 Å². The molecule has 0 unspecified atom stereocenters. The molecule has 0 bridgehead atoms. The van der Waals surface area contributed by atoms with E-state index in [0.717, 1.165) is 16.7 Å². The molecule has 0 aromatic heterocycles. The zero-order valence-electron chi connectivity index (χ0n) is 19.3. The van der Waals surface area contributed by atoms with Crippen LogP contribution in [-0.2, 0) is 22.6 Å². The van der Waals surface area contributed by atoms with Crippen molar-refractivity contribution in [3.05, 3.63) is 95.6 Å². The molecular formula is C27H30N2O4. The maximum absolute atomic E-state index is 13.4. The zero-order chi connectivity index (χ0) is 23.6. The molecule has 6 nitrogen and oxygen atoms in total. The molecule has 0 saturated carbocycles. The van der Waals surface area contributed by atoms with Gasteiger partial charge in [-0.05, 0) is 41.8 Å². The van der Waals surface area contributed by atoms with E-state index in [2.05, 4.69) is 5.32 Å². The molecule has 3 aromatic carbocycles. The van der Waals surface area contributed by atoms with Crippen molar-refractivity contribution in [2.24, 2.45) is 0 Å². The Morgan fingerprint density at radius 1 is 0.939 bits per heavy atom. The second kappa shape index (κ2) is 11.7. The summed E-state index contributed by atoms with van der Waals surface area (Å²) in [6, 6.07) is 24.0. The first kappa shape index (κ1) is 23.9. The fraction of sp³-hybridized carbons (Fsp3) is 0.259. The molecule has 0 aliphatic heterocycles. The van der Waals surface area contributed by atoms with E-state index in [1.807, 2.05) is 85.8 Å². The Bertz CT molecular complexity index is 1070. The van der Waals surface area contributed by atoms with Gasteiger partial charge in [0, 0.05) is 20.0 Å². The molecule has 0 aliphatic rings. The van der Waals surface area contributed by atoms with Gasteiger partial charge in [-0.15, -0.1) is 0 Å². The average molecular weight is 447 g/mol. The molecule has 33 heavy (non-hydrogen) atoms. The van der Waals surface area contributed by atoms with E-state index in [9.17, 15) is 9.59 Å². The van der Waals surface area contributed by atoms with Gasteiger partial charge in [0.05, 0.1) is 7.11 Å². The van der Waals surface area contributed by atoms with Gasteiger partial charge in [0.15, 0.2) is 6.61 Å². The van der Waals surface area contributed by atoms with Crippen LogP contribution in [0, 0.1) is 6.92 Å². The van der Waals surface area contributed by atoms with E-state index >= 15 is 0 Å². The first-order chi connectivity index (χ1) is 16.0. The van der Waals surface area contributed by atoms with Gasteiger partial charge in [-0.2, -0.15) is 0 Å². The van der Waals surface area contributed by atoms with Gasteiger partial charge in [0.25, 0.3) is 5.91 Å². The smallest absolute Gasteiger partial charge is 0.261 e. The Morgan fingerprint density at radius 3 is 2.33 bits per heavy atom. The third kappa shape index (κ3) is 6.59. The second-order valence-electron chi connectivity index (χ2n) is 7.75. The van der Waals surface area contributed by atoms with Crippen LogP contribution < -0.4 is 14.8 Å². The molecule has 0 radical (unpaired) electrons. The Balaban J connectivity index is 1.89. The van der Waals surface area contributed by atoms with Gasteiger partial charge in [-0.25, -0.2) is 0 Å². The van der Waals surface area contributed by atoms with Crippen LogP contribution in [0.2, 0.25) is 0 Å². The highest BCUT2D eigenvalue weighted by molar-refractivity contribution is 5.88. The topological polar surface area (TPSA) is 67.9 Å². The van der Waals surface area contributed by atoms with Crippen LogP contribution in [0.1, 0.15) is 16.7 Å². The maximum Gasteiger partial charge on any atom is 0.261 e.